The molecule has 1 heterocycles. The molecule has 0 atom stereocenters. The molecule has 1 aliphatic heterocycles. The summed E-state index contributed by atoms with van der Waals surface area (Å²) in [6.45, 7) is -3.01. The van der Waals surface area contributed by atoms with Crippen molar-refractivity contribution in [1.29, 1.82) is 0 Å². The second-order valence-corrected chi connectivity index (χ2v) is 5.51. The third-order valence-corrected chi connectivity index (χ3v) is 3.71. The summed E-state index contributed by atoms with van der Waals surface area (Å²) in [5, 5.41) is 8.90. The maximum Gasteiger partial charge on any atom is 0.387 e. The van der Waals surface area contributed by atoms with E-state index in [1.165, 1.54) is 55.7 Å². The monoisotopic (exact) mass is 389 g/mol. The lowest BCUT2D eigenvalue weighted by atomic mass is 10.1. The number of benzene rings is 2. The number of carboxylic acid groups (broad SMARTS) is 1. The number of methoxy groups -OCH3 is 1. The first-order valence-corrected chi connectivity index (χ1v) is 7.86. The number of carboxylic acids is 1. The smallest absolute Gasteiger partial charge is 0.387 e. The molecule has 3 rings (SSSR count). The van der Waals surface area contributed by atoms with E-state index in [-0.39, 0.29) is 28.7 Å². The van der Waals surface area contributed by atoms with Gasteiger partial charge < -0.3 is 19.3 Å². The van der Waals surface area contributed by atoms with Crippen molar-refractivity contribution in [2.75, 3.05) is 7.11 Å². The predicted molar refractivity (Wildman–Crippen MR) is 93.6 cm³/mol. The molecule has 0 fully saturated rings. The third-order valence-electron chi connectivity index (χ3n) is 3.71. The van der Waals surface area contributed by atoms with Crippen LogP contribution in [0.15, 0.2) is 53.2 Å². The van der Waals surface area contributed by atoms with Gasteiger partial charge in [-0.15, -0.1) is 0 Å². The Labute approximate surface area is 157 Å². The van der Waals surface area contributed by atoms with Crippen molar-refractivity contribution < 1.29 is 37.7 Å². The Morgan fingerprint density at radius 2 is 1.89 bits per heavy atom. The van der Waals surface area contributed by atoms with E-state index >= 15 is 0 Å². The molecular weight excluding hydrogens is 376 g/mol. The Morgan fingerprint density at radius 3 is 2.50 bits per heavy atom. The summed E-state index contributed by atoms with van der Waals surface area (Å²) in [6, 6.07) is 9.85. The molecule has 7 nitrogen and oxygen atoms in total. The quantitative estimate of drug-likeness (QED) is 0.602. The number of carbonyl (C=O) groups is 2. The summed E-state index contributed by atoms with van der Waals surface area (Å²) in [5.41, 5.74) is 1.00. The number of cyclic esters (lactones) is 1. The van der Waals surface area contributed by atoms with Gasteiger partial charge in [0.25, 0.3) is 0 Å². The molecule has 1 aliphatic rings. The molecule has 2 aromatic carbocycles. The second kappa shape index (κ2) is 7.87. The number of hydrogen-bond acceptors (Lipinski definition) is 6. The van der Waals surface area contributed by atoms with E-state index in [1.807, 2.05) is 0 Å². The second-order valence-electron chi connectivity index (χ2n) is 5.51. The molecule has 28 heavy (non-hydrogen) atoms. The lowest BCUT2D eigenvalue weighted by Crippen LogP contribution is -2.07. The van der Waals surface area contributed by atoms with E-state index in [1.54, 1.807) is 0 Å². The van der Waals surface area contributed by atoms with Crippen LogP contribution in [0.25, 0.3) is 6.08 Å². The molecule has 0 aromatic heterocycles. The summed E-state index contributed by atoms with van der Waals surface area (Å²) >= 11 is 0. The average molecular weight is 389 g/mol. The normalized spacial score (nSPS) is 14.8. The summed E-state index contributed by atoms with van der Waals surface area (Å²) < 4.78 is 39.3. The molecule has 0 saturated heterocycles. The van der Waals surface area contributed by atoms with Gasteiger partial charge in [0.15, 0.2) is 17.2 Å². The van der Waals surface area contributed by atoms with Gasteiger partial charge in [0.1, 0.15) is 0 Å². The van der Waals surface area contributed by atoms with Crippen molar-refractivity contribution in [1.82, 2.24) is 0 Å². The zero-order valence-electron chi connectivity index (χ0n) is 14.4. The Kier molecular flexibility index (Phi) is 5.35. The summed E-state index contributed by atoms with van der Waals surface area (Å²) in [6.07, 6.45) is 1.44. The highest BCUT2D eigenvalue weighted by Gasteiger charge is 2.25. The highest BCUT2D eigenvalue weighted by Crippen LogP contribution is 2.31. The zero-order valence-corrected chi connectivity index (χ0v) is 14.4. The fraction of sp³-hybridized carbons (Fsp3) is 0.105. The third kappa shape index (κ3) is 4.14. The van der Waals surface area contributed by atoms with Crippen LogP contribution in [0, 0.1) is 0 Å². The van der Waals surface area contributed by atoms with Crippen LogP contribution in [0.3, 0.4) is 0 Å². The number of hydrogen-bond donors (Lipinski definition) is 1. The van der Waals surface area contributed by atoms with Gasteiger partial charge in [0.05, 0.1) is 12.7 Å². The van der Waals surface area contributed by atoms with Crippen molar-refractivity contribution in [3.8, 4) is 11.5 Å². The number of carbonyl (C=O) groups excluding carboxylic acids is 1. The Morgan fingerprint density at radius 1 is 1.18 bits per heavy atom. The van der Waals surface area contributed by atoms with Crippen LogP contribution >= 0.6 is 0 Å². The van der Waals surface area contributed by atoms with E-state index < -0.39 is 18.6 Å². The predicted octanol–water partition coefficient (Wildman–Crippen LogP) is 3.34. The van der Waals surface area contributed by atoms with Crippen LogP contribution in [0.1, 0.15) is 21.5 Å². The number of alkyl halides is 2. The number of aliphatic imine (C=N–C) groups is 1. The lowest BCUT2D eigenvalue weighted by Gasteiger charge is -2.10. The van der Waals surface area contributed by atoms with Crippen molar-refractivity contribution in [2.24, 2.45) is 4.99 Å². The van der Waals surface area contributed by atoms with Crippen LogP contribution in [-0.2, 0) is 9.53 Å². The minimum Gasteiger partial charge on any atom is -0.493 e. The molecule has 144 valence electrons. The highest BCUT2D eigenvalue weighted by atomic mass is 19.3. The Balaban J connectivity index is 1.88. The molecule has 0 saturated carbocycles. The number of halogens is 2. The molecule has 2 aromatic rings. The SMILES string of the molecule is COc1cc(C2=N/C(=C\c3ccc(C(=O)O)cc3)C(=O)O2)ccc1OC(F)F. The molecule has 9 heteroatoms. The van der Waals surface area contributed by atoms with E-state index in [9.17, 15) is 18.4 Å². The number of esters is 1. The topological polar surface area (TPSA) is 94.4 Å². The summed E-state index contributed by atoms with van der Waals surface area (Å²) in [4.78, 5) is 27.0. The van der Waals surface area contributed by atoms with Crippen molar-refractivity contribution in [3.05, 3.63) is 64.9 Å². The number of nitrogens with zero attached hydrogens (tertiary/aromatic N) is 1. The van der Waals surface area contributed by atoms with E-state index in [0.717, 1.165) is 0 Å². The first kappa shape index (κ1) is 19.0. The largest absolute Gasteiger partial charge is 0.493 e. The van der Waals surface area contributed by atoms with Crippen LogP contribution in [-0.4, -0.2) is 36.7 Å². The molecule has 0 radical (unpaired) electrons. The fourth-order valence-electron chi connectivity index (χ4n) is 2.41. The molecular formula is C19H13F2NO6. The standard InChI is InChI=1S/C19H13F2NO6/c1-26-15-9-12(6-7-14(15)27-19(20)21)16-22-13(18(25)28-16)8-10-2-4-11(5-3-10)17(23)24/h2-9,19H,1H3,(H,23,24)/b13-8-. The summed E-state index contributed by atoms with van der Waals surface area (Å²) in [7, 11) is 1.28. The minimum absolute atomic E-state index is 0.00458. The van der Waals surface area contributed by atoms with Gasteiger partial charge >= 0.3 is 18.6 Å². The number of rotatable bonds is 6. The maximum absolute atomic E-state index is 12.4. The van der Waals surface area contributed by atoms with Crippen LogP contribution in [0.2, 0.25) is 0 Å². The van der Waals surface area contributed by atoms with Crippen LogP contribution < -0.4 is 9.47 Å². The Hall–Kier alpha value is -3.75. The van der Waals surface area contributed by atoms with E-state index in [2.05, 4.69) is 9.73 Å². The van der Waals surface area contributed by atoms with E-state index in [4.69, 9.17) is 14.6 Å². The molecule has 0 amide bonds. The van der Waals surface area contributed by atoms with Crippen LogP contribution in [0.4, 0.5) is 8.78 Å². The zero-order chi connectivity index (χ0) is 20.3. The molecule has 0 aliphatic carbocycles. The number of aromatic carboxylic acids is 1. The van der Waals surface area contributed by atoms with Gasteiger partial charge in [-0.2, -0.15) is 8.78 Å². The van der Waals surface area contributed by atoms with Gasteiger partial charge in [-0.3, -0.25) is 0 Å². The molecule has 1 N–H and O–H groups in total. The lowest BCUT2D eigenvalue weighted by molar-refractivity contribution is -0.129. The van der Waals surface area contributed by atoms with E-state index in [0.29, 0.717) is 11.1 Å². The summed E-state index contributed by atoms with van der Waals surface area (Å²) in [5.74, 6) is -1.93. The Bertz CT molecular complexity index is 982. The average Bonchev–Trinajstić information content (AvgIpc) is 3.02. The first-order valence-electron chi connectivity index (χ1n) is 7.86. The van der Waals surface area contributed by atoms with Gasteiger partial charge in [-0.25, -0.2) is 14.6 Å². The van der Waals surface area contributed by atoms with Gasteiger partial charge in [-0.1, -0.05) is 12.1 Å². The first-order chi connectivity index (χ1) is 13.4. The van der Waals surface area contributed by atoms with Crippen molar-refractivity contribution >= 4 is 23.9 Å². The van der Waals surface area contributed by atoms with Crippen molar-refractivity contribution in [2.45, 2.75) is 6.61 Å². The highest BCUT2D eigenvalue weighted by molar-refractivity contribution is 6.13. The molecule has 0 spiro atoms. The molecule has 0 unspecified atom stereocenters. The number of ether oxygens (including phenoxy) is 3. The van der Waals surface area contributed by atoms with Crippen LogP contribution in [0.5, 0.6) is 11.5 Å². The molecule has 0 bridgehead atoms. The minimum atomic E-state index is -3.01. The van der Waals surface area contributed by atoms with Crippen molar-refractivity contribution in [3.63, 3.8) is 0 Å². The fourth-order valence-corrected chi connectivity index (χ4v) is 2.41. The van der Waals surface area contributed by atoms with Gasteiger partial charge in [0.2, 0.25) is 5.90 Å². The van der Waals surface area contributed by atoms with Gasteiger partial charge in [-0.05, 0) is 42.0 Å². The maximum atomic E-state index is 12.4. The van der Waals surface area contributed by atoms with Gasteiger partial charge in [0, 0.05) is 5.56 Å².